The fourth-order valence-electron chi connectivity index (χ4n) is 4.50. The number of nitrogens with one attached hydrogen (secondary N) is 3. The van der Waals surface area contributed by atoms with Gasteiger partial charge in [-0.15, -0.1) is 0 Å². The van der Waals surface area contributed by atoms with E-state index < -0.39 is 24.0 Å². The molecule has 2 aromatic heterocycles. The maximum Gasteiger partial charge on any atom is 0.417 e. The first-order valence-corrected chi connectivity index (χ1v) is 12.5. The molecule has 4 rings (SSSR count). The highest BCUT2D eigenvalue weighted by Crippen LogP contribution is 2.35. The largest absolute Gasteiger partial charge is 0.495 e. The van der Waals surface area contributed by atoms with Crippen LogP contribution in [0, 0.1) is 11.8 Å². The SMILES string of the molecule is C=C(c1c(C#CCNc2ccc(C(=O)NC)cc2OC)nc2c(N[C@@H]3CCN(C)C[C@@H]3F)cccn12)C(F)(F)F. The van der Waals surface area contributed by atoms with Crippen molar-refractivity contribution < 1.29 is 27.1 Å². The zero-order chi connectivity index (χ0) is 29.0. The second kappa shape index (κ2) is 11.9. The van der Waals surface area contributed by atoms with Crippen LogP contribution in [-0.2, 0) is 0 Å². The lowest BCUT2D eigenvalue weighted by atomic mass is 10.0. The van der Waals surface area contributed by atoms with Gasteiger partial charge in [0.05, 0.1) is 42.3 Å². The van der Waals surface area contributed by atoms with E-state index in [0.29, 0.717) is 35.7 Å². The lowest BCUT2D eigenvalue weighted by Crippen LogP contribution is -2.46. The molecule has 1 aliphatic rings. The number of methoxy groups -OCH3 is 1. The molecular formula is C28H30F4N6O2. The third kappa shape index (κ3) is 6.15. The highest BCUT2D eigenvalue weighted by molar-refractivity contribution is 5.95. The Balaban J connectivity index is 1.64. The van der Waals surface area contributed by atoms with Crippen molar-refractivity contribution in [3.63, 3.8) is 0 Å². The molecule has 3 aromatic rings. The molecule has 0 bridgehead atoms. The van der Waals surface area contributed by atoms with Crippen LogP contribution in [0.15, 0.2) is 43.1 Å². The number of carbonyl (C=O) groups is 1. The van der Waals surface area contributed by atoms with Crippen LogP contribution in [0.4, 0.5) is 28.9 Å². The number of rotatable bonds is 7. The van der Waals surface area contributed by atoms with Crippen LogP contribution < -0.4 is 20.7 Å². The van der Waals surface area contributed by atoms with Crippen molar-refractivity contribution in [1.29, 1.82) is 0 Å². The molecule has 1 aliphatic heterocycles. The van der Waals surface area contributed by atoms with Crippen molar-refractivity contribution in [2.24, 2.45) is 0 Å². The first-order chi connectivity index (χ1) is 19.0. The van der Waals surface area contributed by atoms with Crippen LogP contribution in [0.5, 0.6) is 5.75 Å². The highest BCUT2D eigenvalue weighted by Gasteiger charge is 2.37. The summed E-state index contributed by atoms with van der Waals surface area (Å²) in [7, 11) is 4.81. The first kappa shape index (κ1) is 28.8. The van der Waals surface area contributed by atoms with Gasteiger partial charge in [0.1, 0.15) is 17.6 Å². The number of alkyl halides is 4. The van der Waals surface area contributed by atoms with Gasteiger partial charge >= 0.3 is 6.18 Å². The summed E-state index contributed by atoms with van der Waals surface area (Å²) in [4.78, 5) is 18.2. The summed E-state index contributed by atoms with van der Waals surface area (Å²) in [5.41, 5.74) is 0.0561. The Bertz CT molecular complexity index is 1470. The lowest BCUT2D eigenvalue weighted by Gasteiger charge is -2.33. The van der Waals surface area contributed by atoms with E-state index in [0.717, 1.165) is 0 Å². The van der Waals surface area contributed by atoms with Crippen LogP contribution in [0.25, 0.3) is 11.2 Å². The monoisotopic (exact) mass is 558 g/mol. The number of halogens is 4. The number of pyridine rings is 1. The zero-order valence-corrected chi connectivity index (χ0v) is 22.3. The second-order valence-electron chi connectivity index (χ2n) is 9.37. The summed E-state index contributed by atoms with van der Waals surface area (Å²) in [6.07, 6.45) is -3.88. The minimum Gasteiger partial charge on any atom is -0.495 e. The molecule has 1 amide bonds. The number of piperidine rings is 1. The molecule has 1 aromatic carbocycles. The molecule has 40 heavy (non-hydrogen) atoms. The Morgan fingerprint density at radius 1 is 1.27 bits per heavy atom. The van der Waals surface area contributed by atoms with E-state index in [1.54, 1.807) is 30.3 Å². The van der Waals surface area contributed by atoms with Gasteiger partial charge in [-0.3, -0.25) is 9.20 Å². The number of anilines is 2. The fourth-order valence-corrected chi connectivity index (χ4v) is 4.50. The van der Waals surface area contributed by atoms with Crippen LogP contribution in [0.1, 0.15) is 28.2 Å². The number of allylic oxidation sites excluding steroid dienone is 1. The Morgan fingerprint density at radius 3 is 2.73 bits per heavy atom. The number of imidazole rings is 1. The Labute approximate surface area is 229 Å². The first-order valence-electron chi connectivity index (χ1n) is 12.5. The van der Waals surface area contributed by atoms with E-state index in [1.165, 1.54) is 24.8 Å². The van der Waals surface area contributed by atoms with Crippen molar-refractivity contribution in [1.82, 2.24) is 19.6 Å². The predicted octanol–water partition coefficient (Wildman–Crippen LogP) is 4.20. The molecule has 0 aliphatic carbocycles. The Hall–Kier alpha value is -4.24. The zero-order valence-electron chi connectivity index (χ0n) is 22.3. The minimum absolute atomic E-state index is 0.0473. The Morgan fingerprint density at radius 2 is 2.05 bits per heavy atom. The number of hydrogen-bond donors (Lipinski definition) is 3. The van der Waals surface area contributed by atoms with E-state index in [1.807, 2.05) is 11.9 Å². The van der Waals surface area contributed by atoms with E-state index >= 15 is 0 Å². The van der Waals surface area contributed by atoms with Gasteiger partial charge in [0.2, 0.25) is 0 Å². The quantitative estimate of drug-likeness (QED) is 0.298. The number of ether oxygens (including phenoxy) is 1. The number of hydrogen-bond acceptors (Lipinski definition) is 6. The summed E-state index contributed by atoms with van der Waals surface area (Å²) in [5.74, 6) is 5.66. The smallest absolute Gasteiger partial charge is 0.417 e. The topological polar surface area (TPSA) is 82.9 Å². The molecule has 1 saturated heterocycles. The summed E-state index contributed by atoms with van der Waals surface area (Å²) in [6.45, 7) is 4.26. The van der Waals surface area contributed by atoms with Gasteiger partial charge in [0, 0.05) is 31.9 Å². The lowest BCUT2D eigenvalue weighted by molar-refractivity contribution is -0.0689. The van der Waals surface area contributed by atoms with Crippen molar-refractivity contribution in [2.75, 3.05) is 51.5 Å². The average Bonchev–Trinajstić information content (AvgIpc) is 3.30. The molecule has 0 saturated carbocycles. The third-order valence-electron chi connectivity index (χ3n) is 6.63. The van der Waals surface area contributed by atoms with E-state index in [4.69, 9.17) is 4.74 Å². The summed E-state index contributed by atoms with van der Waals surface area (Å²) in [6, 6.07) is 7.53. The van der Waals surface area contributed by atoms with Crippen molar-refractivity contribution in [3.8, 4) is 17.6 Å². The molecule has 212 valence electrons. The molecule has 12 heteroatoms. The molecule has 0 unspecified atom stereocenters. The minimum atomic E-state index is -4.72. The summed E-state index contributed by atoms with van der Waals surface area (Å²) in [5, 5.41) is 8.70. The molecule has 2 atom stereocenters. The number of carbonyl (C=O) groups excluding carboxylic acids is 1. The van der Waals surface area contributed by atoms with Gasteiger partial charge in [-0.2, -0.15) is 13.2 Å². The molecule has 0 spiro atoms. The van der Waals surface area contributed by atoms with Crippen molar-refractivity contribution in [2.45, 2.75) is 24.8 Å². The van der Waals surface area contributed by atoms with Crippen LogP contribution in [0.2, 0.25) is 0 Å². The van der Waals surface area contributed by atoms with Gasteiger partial charge < -0.3 is 25.6 Å². The van der Waals surface area contributed by atoms with Crippen molar-refractivity contribution in [3.05, 3.63) is 60.1 Å². The second-order valence-corrected chi connectivity index (χ2v) is 9.37. The molecule has 3 heterocycles. The molecule has 1 fully saturated rings. The standard InChI is InChI=1S/C28H30F4N6O2/c1-17(28(30,31)32)25-22(7-5-12-34-21-10-9-18(27(39)33-2)15-24(21)40-4)36-26-23(8-6-13-38(25)26)35-20-11-14-37(3)16-19(20)29/h6,8-10,13,15,19-20,34-35H,1,11-12,14,16H2,2-4H3,(H,33,39)/t19-,20+/m0/s1. The number of likely N-dealkylation sites (tertiary alicyclic amines) is 1. The number of nitrogens with zero attached hydrogens (tertiary/aromatic N) is 3. The number of aromatic nitrogens is 2. The van der Waals surface area contributed by atoms with Crippen LogP contribution in [0.3, 0.4) is 0 Å². The van der Waals surface area contributed by atoms with Crippen LogP contribution >= 0.6 is 0 Å². The van der Waals surface area contributed by atoms with Crippen LogP contribution in [-0.4, -0.2) is 79.4 Å². The molecular weight excluding hydrogens is 528 g/mol. The van der Waals surface area contributed by atoms with E-state index in [-0.39, 0.29) is 36.0 Å². The Kier molecular flexibility index (Phi) is 8.54. The summed E-state index contributed by atoms with van der Waals surface area (Å²) >= 11 is 0. The average molecular weight is 559 g/mol. The van der Waals surface area contributed by atoms with E-state index in [2.05, 4.69) is 39.4 Å². The molecule has 0 radical (unpaired) electrons. The molecule has 8 nitrogen and oxygen atoms in total. The van der Waals surface area contributed by atoms with Crippen molar-refractivity contribution >= 4 is 28.5 Å². The maximum absolute atomic E-state index is 14.7. The van der Waals surface area contributed by atoms with Gasteiger partial charge in [0.15, 0.2) is 5.65 Å². The molecule has 3 N–H and O–H groups in total. The van der Waals surface area contributed by atoms with E-state index in [9.17, 15) is 22.4 Å². The van der Waals surface area contributed by atoms with Gasteiger partial charge in [-0.25, -0.2) is 9.37 Å². The third-order valence-corrected chi connectivity index (χ3v) is 6.63. The normalized spacial score (nSPS) is 17.6. The fraction of sp³-hybridized carbons (Fsp3) is 0.357. The number of fused-ring (bicyclic) bond motifs is 1. The van der Waals surface area contributed by atoms with Gasteiger partial charge in [-0.1, -0.05) is 12.5 Å². The maximum atomic E-state index is 14.7. The van der Waals surface area contributed by atoms with Gasteiger partial charge in [0.25, 0.3) is 5.91 Å². The van der Waals surface area contributed by atoms with Gasteiger partial charge in [-0.05, 0) is 49.7 Å². The number of benzene rings is 1. The highest BCUT2D eigenvalue weighted by atomic mass is 19.4. The predicted molar refractivity (Wildman–Crippen MR) is 146 cm³/mol. The summed E-state index contributed by atoms with van der Waals surface area (Å²) < 4.78 is 62.6. The number of amides is 1.